The van der Waals surface area contributed by atoms with Gasteiger partial charge in [-0.25, -0.2) is 0 Å². The largest absolute Gasteiger partial charge is 0.490 e. The summed E-state index contributed by atoms with van der Waals surface area (Å²) < 4.78 is 11.7. The van der Waals surface area contributed by atoms with E-state index >= 15 is 0 Å². The van der Waals surface area contributed by atoms with Crippen molar-refractivity contribution in [3.8, 4) is 11.5 Å². The van der Waals surface area contributed by atoms with Crippen molar-refractivity contribution in [2.24, 2.45) is 5.73 Å². The molecule has 2 aromatic carbocycles. The second-order valence-corrected chi connectivity index (χ2v) is 6.60. The van der Waals surface area contributed by atoms with Gasteiger partial charge in [0.1, 0.15) is 6.61 Å². The van der Waals surface area contributed by atoms with Crippen molar-refractivity contribution in [1.82, 2.24) is 4.98 Å². The Morgan fingerprint density at radius 1 is 1.04 bits per heavy atom. The first-order valence-electron chi connectivity index (χ1n) is 8.94. The van der Waals surface area contributed by atoms with Crippen LogP contribution in [0.4, 0.5) is 0 Å². The topological polar surface area (TPSA) is 57.4 Å². The molecule has 4 nitrogen and oxygen atoms in total. The van der Waals surface area contributed by atoms with Gasteiger partial charge in [-0.1, -0.05) is 41.9 Å². The fraction of sp³-hybridized carbons (Fsp3) is 0.227. The first-order valence-corrected chi connectivity index (χ1v) is 9.32. The number of hydrogen-bond donors (Lipinski definition) is 1. The zero-order valence-electron chi connectivity index (χ0n) is 15.3. The molecule has 0 bridgehead atoms. The number of nitrogens with zero attached hydrogens (tertiary/aromatic N) is 1. The van der Waals surface area contributed by atoms with Crippen LogP contribution in [-0.4, -0.2) is 11.6 Å². The Morgan fingerprint density at radius 2 is 1.89 bits per heavy atom. The summed E-state index contributed by atoms with van der Waals surface area (Å²) in [4.78, 5) is 4.13. The molecule has 1 aromatic heterocycles. The lowest BCUT2D eigenvalue weighted by atomic mass is 10.0. The second kappa shape index (κ2) is 9.40. The Bertz CT molecular complexity index is 871. The molecule has 0 aliphatic rings. The summed E-state index contributed by atoms with van der Waals surface area (Å²) in [6.45, 7) is 2.89. The predicted octanol–water partition coefficient (Wildman–Crippen LogP) is 4.96. The van der Waals surface area contributed by atoms with Gasteiger partial charge in [0.25, 0.3) is 0 Å². The van der Waals surface area contributed by atoms with Gasteiger partial charge in [-0.05, 0) is 48.7 Å². The summed E-state index contributed by atoms with van der Waals surface area (Å²) in [6, 6.07) is 17.3. The van der Waals surface area contributed by atoms with Crippen molar-refractivity contribution >= 4 is 11.6 Å². The zero-order chi connectivity index (χ0) is 19.1. The molecule has 3 rings (SSSR count). The number of ether oxygens (including phenoxy) is 2. The van der Waals surface area contributed by atoms with Crippen LogP contribution in [0.25, 0.3) is 0 Å². The van der Waals surface area contributed by atoms with E-state index in [9.17, 15) is 0 Å². The van der Waals surface area contributed by atoms with Crippen molar-refractivity contribution < 1.29 is 9.47 Å². The fourth-order valence-electron chi connectivity index (χ4n) is 2.81. The lowest BCUT2D eigenvalue weighted by molar-refractivity contribution is 0.269. The number of rotatable bonds is 8. The summed E-state index contributed by atoms with van der Waals surface area (Å²) in [5.41, 5.74) is 9.34. The molecule has 1 heterocycles. The van der Waals surface area contributed by atoms with Crippen LogP contribution in [0.2, 0.25) is 5.02 Å². The monoisotopic (exact) mass is 382 g/mol. The van der Waals surface area contributed by atoms with Gasteiger partial charge in [0.05, 0.1) is 6.61 Å². The molecule has 2 N–H and O–H groups in total. The van der Waals surface area contributed by atoms with Gasteiger partial charge in [0, 0.05) is 29.0 Å². The van der Waals surface area contributed by atoms with E-state index < -0.39 is 0 Å². The maximum Gasteiger partial charge on any atom is 0.161 e. The second-order valence-electron chi connectivity index (χ2n) is 6.19. The number of halogens is 1. The molecule has 3 aromatic rings. The smallest absolute Gasteiger partial charge is 0.161 e. The number of pyridine rings is 1. The first-order chi connectivity index (χ1) is 13.2. The molecule has 1 atom stereocenters. The molecule has 140 valence electrons. The molecular weight excluding hydrogens is 360 g/mol. The van der Waals surface area contributed by atoms with E-state index in [1.165, 1.54) is 0 Å². The van der Waals surface area contributed by atoms with Gasteiger partial charge in [0.2, 0.25) is 0 Å². The van der Waals surface area contributed by atoms with E-state index in [0.29, 0.717) is 36.2 Å². The molecule has 0 fully saturated rings. The van der Waals surface area contributed by atoms with Gasteiger partial charge < -0.3 is 15.2 Å². The molecule has 0 radical (unpaired) electrons. The minimum Gasteiger partial charge on any atom is -0.490 e. The third-order valence-corrected chi connectivity index (χ3v) is 4.59. The Labute approximate surface area is 164 Å². The third kappa shape index (κ3) is 5.22. The van der Waals surface area contributed by atoms with E-state index in [4.69, 9.17) is 26.8 Å². The highest BCUT2D eigenvalue weighted by molar-refractivity contribution is 6.31. The average Bonchev–Trinajstić information content (AvgIpc) is 2.69. The Kier molecular flexibility index (Phi) is 6.69. The van der Waals surface area contributed by atoms with Crippen LogP contribution < -0.4 is 15.2 Å². The molecule has 0 aliphatic heterocycles. The summed E-state index contributed by atoms with van der Waals surface area (Å²) in [5, 5.41) is 0.689. The minimum absolute atomic E-state index is 0.122. The van der Waals surface area contributed by atoms with E-state index in [0.717, 1.165) is 16.7 Å². The number of aromatic nitrogens is 1. The quantitative estimate of drug-likeness (QED) is 0.598. The van der Waals surface area contributed by atoms with Crippen molar-refractivity contribution in [1.29, 1.82) is 0 Å². The number of nitrogens with two attached hydrogens (primary N) is 1. The molecule has 1 unspecified atom stereocenters. The van der Waals surface area contributed by atoms with E-state index in [-0.39, 0.29) is 6.04 Å². The van der Waals surface area contributed by atoms with Crippen LogP contribution in [0.1, 0.15) is 29.7 Å². The van der Waals surface area contributed by atoms with Crippen LogP contribution in [0.5, 0.6) is 11.5 Å². The standard InChI is InChI=1S/C22H23ClN2O2/c1-2-26-22-13-16(12-20(24)17-7-5-11-25-14-17)9-10-21(22)27-15-18-6-3-4-8-19(18)23/h3-11,13-14,20H,2,12,15,24H2,1H3. The molecule has 0 amide bonds. The summed E-state index contributed by atoms with van der Waals surface area (Å²) in [7, 11) is 0. The van der Waals surface area contributed by atoms with Crippen LogP contribution >= 0.6 is 11.6 Å². The van der Waals surface area contributed by atoms with Gasteiger partial charge in [-0.3, -0.25) is 4.98 Å². The Hall–Kier alpha value is -2.56. The van der Waals surface area contributed by atoms with Gasteiger partial charge in [0.15, 0.2) is 11.5 Å². The SMILES string of the molecule is CCOc1cc(CC(N)c2cccnc2)ccc1OCc1ccccc1Cl. The predicted molar refractivity (Wildman–Crippen MR) is 108 cm³/mol. The first kappa shape index (κ1) is 19.2. The van der Waals surface area contributed by atoms with E-state index in [1.54, 1.807) is 12.4 Å². The van der Waals surface area contributed by atoms with Gasteiger partial charge in [-0.2, -0.15) is 0 Å². The van der Waals surface area contributed by atoms with Crippen LogP contribution in [0.3, 0.4) is 0 Å². The lowest BCUT2D eigenvalue weighted by Crippen LogP contribution is -2.13. The third-order valence-electron chi connectivity index (χ3n) is 4.22. The highest BCUT2D eigenvalue weighted by atomic mass is 35.5. The molecular formula is C22H23ClN2O2. The molecule has 0 aliphatic carbocycles. The summed E-state index contributed by atoms with van der Waals surface area (Å²) >= 11 is 6.20. The van der Waals surface area contributed by atoms with Crippen LogP contribution in [0.15, 0.2) is 67.0 Å². The molecule has 0 spiro atoms. The highest BCUT2D eigenvalue weighted by Crippen LogP contribution is 2.31. The van der Waals surface area contributed by atoms with Crippen molar-refractivity contribution in [2.45, 2.75) is 26.0 Å². The maximum atomic E-state index is 6.31. The minimum atomic E-state index is -0.122. The average molecular weight is 383 g/mol. The molecule has 0 saturated carbocycles. The Morgan fingerprint density at radius 3 is 2.63 bits per heavy atom. The molecule has 27 heavy (non-hydrogen) atoms. The zero-order valence-corrected chi connectivity index (χ0v) is 16.0. The fourth-order valence-corrected chi connectivity index (χ4v) is 3.00. The summed E-state index contributed by atoms with van der Waals surface area (Å²) in [5.74, 6) is 1.40. The van der Waals surface area contributed by atoms with Crippen molar-refractivity contribution in [3.05, 3.63) is 88.7 Å². The maximum absolute atomic E-state index is 6.31. The van der Waals surface area contributed by atoms with Gasteiger partial charge in [-0.15, -0.1) is 0 Å². The number of benzene rings is 2. The van der Waals surface area contributed by atoms with E-state index in [1.807, 2.05) is 61.5 Å². The van der Waals surface area contributed by atoms with E-state index in [2.05, 4.69) is 4.98 Å². The van der Waals surface area contributed by atoms with Crippen molar-refractivity contribution in [3.63, 3.8) is 0 Å². The van der Waals surface area contributed by atoms with Crippen LogP contribution in [0, 0.1) is 0 Å². The Balaban J connectivity index is 1.73. The normalized spacial score (nSPS) is 11.8. The molecule has 0 saturated heterocycles. The highest BCUT2D eigenvalue weighted by Gasteiger charge is 2.12. The molecule has 5 heteroatoms. The summed E-state index contributed by atoms with van der Waals surface area (Å²) in [6.07, 6.45) is 4.24. The lowest BCUT2D eigenvalue weighted by Gasteiger charge is -2.16. The van der Waals surface area contributed by atoms with Crippen LogP contribution in [-0.2, 0) is 13.0 Å². The number of hydrogen-bond acceptors (Lipinski definition) is 4. The van der Waals surface area contributed by atoms with Crippen molar-refractivity contribution in [2.75, 3.05) is 6.61 Å². The van der Waals surface area contributed by atoms with Gasteiger partial charge >= 0.3 is 0 Å².